The summed E-state index contributed by atoms with van der Waals surface area (Å²) in [5, 5.41) is 22.2. The van der Waals surface area contributed by atoms with Crippen molar-refractivity contribution in [1.82, 2.24) is 25.6 Å². The average Bonchev–Trinajstić information content (AvgIpc) is 2.98. The van der Waals surface area contributed by atoms with Crippen LogP contribution in [0.15, 0.2) is 12.4 Å². The van der Waals surface area contributed by atoms with E-state index >= 15 is 0 Å². The van der Waals surface area contributed by atoms with Gasteiger partial charge in [-0.2, -0.15) is 0 Å². The average molecular weight is 295 g/mol. The van der Waals surface area contributed by atoms with E-state index in [4.69, 9.17) is 0 Å². The minimum absolute atomic E-state index is 0.419. The normalized spacial score (nSPS) is 17.1. The van der Waals surface area contributed by atoms with E-state index in [0.717, 1.165) is 19.3 Å². The molecule has 0 spiro atoms. The Balaban J connectivity index is 1.73. The van der Waals surface area contributed by atoms with E-state index in [1.807, 2.05) is 0 Å². The number of hydrogen-bond donors (Lipinski definition) is 3. The molecule has 0 aromatic carbocycles. The Bertz CT molecular complexity index is 468. The second-order valence-electron chi connectivity index (χ2n) is 5.35. The third-order valence-electron chi connectivity index (χ3n) is 3.79. The van der Waals surface area contributed by atoms with Crippen LogP contribution in [0.2, 0.25) is 0 Å². The number of carbonyl (C=O) groups is 2. The summed E-state index contributed by atoms with van der Waals surface area (Å²) in [6.45, 7) is 1.12. The van der Waals surface area contributed by atoms with Gasteiger partial charge >= 0.3 is 12.0 Å². The van der Waals surface area contributed by atoms with Crippen molar-refractivity contribution in [2.75, 3.05) is 6.54 Å². The Morgan fingerprint density at radius 1 is 1.29 bits per heavy atom. The summed E-state index contributed by atoms with van der Waals surface area (Å²) in [5.41, 5.74) is -1.10. The van der Waals surface area contributed by atoms with Crippen LogP contribution >= 0.6 is 0 Å². The van der Waals surface area contributed by atoms with Gasteiger partial charge in [-0.3, -0.25) is 4.68 Å². The smallest absolute Gasteiger partial charge is 0.329 e. The molecule has 3 N–H and O–H groups in total. The number of aromatic nitrogens is 3. The zero-order valence-electron chi connectivity index (χ0n) is 11.9. The third kappa shape index (κ3) is 4.17. The molecular weight excluding hydrogens is 274 g/mol. The van der Waals surface area contributed by atoms with Gasteiger partial charge in [-0.05, 0) is 19.3 Å². The molecule has 1 heterocycles. The highest BCUT2D eigenvalue weighted by molar-refractivity contribution is 5.86. The van der Waals surface area contributed by atoms with Crippen molar-refractivity contribution in [3.05, 3.63) is 12.4 Å². The molecule has 0 radical (unpaired) electrons. The number of carboxylic acid groups (broad SMARTS) is 1. The molecular formula is C13H21N5O3. The van der Waals surface area contributed by atoms with Gasteiger partial charge in [0.25, 0.3) is 0 Å². The number of hydrogen-bond acceptors (Lipinski definition) is 4. The lowest BCUT2D eigenvalue weighted by Crippen LogP contribution is -2.58. The summed E-state index contributed by atoms with van der Waals surface area (Å²) in [4.78, 5) is 23.3. The Kier molecular flexibility index (Phi) is 5.13. The number of nitrogens with zero attached hydrogens (tertiary/aromatic N) is 3. The summed E-state index contributed by atoms with van der Waals surface area (Å²) >= 11 is 0. The molecule has 0 aliphatic heterocycles. The number of aryl methyl sites for hydroxylation is 1. The Hall–Kier alpha value is -2.12. The van der Waals surface area contributed by atoms with Gasteiger partial charge in [0.1, 0.15) is 5.54 Å². The molecule has 0 atom stereocenters. The van der Waals surface area contributed by atoms with Gasteiger partial charge in [0.2, 0.25) is 0 Å². The van der Waals surface area contributed by atoms with Gasteiger partial charge in [0.15, 0.2) is 0 Å². The predicted octanol–water partition coefficient (Wildman–Crippen LogP) is 0.755. The minimum Gasteiger partial charge on any atom is -0.480 e. The second-order valence-corrected chi connectivity index (χ2v) is 5.35. The number of carbonyl (C=O) groups excluding carboxylic acids is 1. The van der Waals surface area contributed by atoms with E-state index in [9.17, 15) is 14.7 Å². The van der Waals surface area contributed by atoms with Gasteiger partial charge < -0.3 is 15.7 Å². The number of nitrogens with one attached hydrogen (secondary N) is 2. The lowest BCUT2D eigenvalue weighted by molar-refractivity contribution is -0.145. The summed E-state index contributed by atoms with van der Waals surface area (Å²) < 4.78 is 1.68. The zero-order valence-corrected chi connectivity index (χ0v) is 11.9. The fourth-order valence-electron chi connectivity index (χ4n) is 2.60. The van der Waals surface area contributed by atoms with Crippen molar-refractivity contribution in [2.24, 2.45) is 0 Å². The molecule has 1 aliphatic carbocycles. The van der Waals surface area contributed by atoms with Crippen LogP contribution in [0.1, 0.15) is 38.5 Å². The highest BCUT2D eigenvalue weighted by Crippen LogP contribution is 2.28. The molecule has 2 rings (SSSR count). The lowest BCUT2D eigenvalue weighted by Gasteiger charge is -2.33. The quantitative estimate of drug-likeness (QED) is 0.671. The first-order chi connectivity index (χ1) is 10.1. The summed E-state index contributed by atoms with van der Waals surface area (Å²) in [7, 11) is 0. The molecule has 1 fully saturated rings. The van der Waals surface area contributed by atoms with Crippen LogP contribution in [0.4, 0.5) is 4.79 Å². The third-order valence-corrected chi connectivity index (χ3v) is 3.79. The summed E-state index contributed by atoms with van der Waals surface area (Å²) in [6, 6.07) is -0.419. The number of aliphatic carboxylic acids is 1. The first-order valence-corrected chi connectivity index (χ1v) is 7.26. The van der Waals surface area contributed by atoms with Gasteiger partial charge in [-0.1, -0.05) is 24.5 Å². The summed E-state index contributed by atoms with van der Waals surface area (Å²) in [5.74, 6) is -0.944. The first-order valence-electron chi connectivity index (χ1n) is 7.26. The molecule has 1 aromatic rings. The SMILES string of the molecule is O=C(NCCCn1ccnn1)NC1(C(=O)O)CCCCC1. The van der Waals surface area contributed by atoms with E-state index in [2.05, 4.69) is 20.9 Å². The summed E-state index contributed by atoms with van der Waals surface area (Å²) in [6.07, 6.45) is 7.73. The molecule has 1 aromatic heterocycles. The van der Waals surface area contributed by atoms with Crippen molar-refractivity contribution < 1.29 is 14.7 Å². The van der Waals surface area contributed by atoms with Gasteiger partial charge in [0, 0.05) is 19.3 Å². The lowest BCUT2D eigenvalue weighted by atomic mass is 9.82. The Labute approximate surface area is 122 Å². The molecule has 21 heavy (non-hydrogen) atoms. The molecule has 0 unspecified atom stereocenters. The molecule has 116 valence electrons. The molecule has 8 heteroatoms. The highest BCUT2D eigenvalue weighted by Gasteiger charge is 2.40. The molecule has 0 saturated heterocycles. The maximum absolute atomic E-state index is 11.9. The predicted molar refractivity (Wildman–Crippen MR) is 74.6 cm³/mol. The number of urea groups is 1. The van der Waals surface area contributed by atoms with E-state index in [-0.39, 0.29) is 0 Å². The van der Waals surface area contributed by atoms with Gasteiger partial charge in [-0.25, -0.2) is 9.59 Å². The van der Waals surface area contributed by atoms with Crippen molar-refractivity contribution in [3.63, 3.8) is 0 Å². The van der Waals surface area contributed by atoms with Crippen LogP contribution in [-0.4, -0.2) is 44.2 Å². The standard InChI is InChI=1S/C13H21N5O3/c19-11(20)13(5-2-1-3-6-13)16-12(21)14-7-4-9-18-10-8-15-17-18/h8,10H,1-7,9H2,(H,19,20)(H2,14,16,21). The Morgan fingerprint density at radius 3 is 2.67 bits per heavy atom. The molecule has 2 amide bonds. The molecule has 8 nitrogen and oxygen atoms in total. The van der Waals surface area contributed by atoms with Gasteiger partial charge in [-0.15, -0.1) is 5.10 Å². The Morgan fingerprint density at radius 2 is 2.05 bits per heavy atom. The van der Waals surface area contributed by atoms with Crippen molar-refractivity contribution in [2.45, 2.75) is 50.6 Å². The zero-order chi connectivity index (χ0) is 15.1. The van der Waals surface area contributed by atoms with Crippen LogP contribution in [0.25, 0.3) is 0 Å². The van der Waals surface area contributed by atoms with Crippen LogP contribution in [0, 0.1) is 0 Å². The van der Waals surface area contributed by atoms with Crippen molar-refractivity contribution in [1.29, 1.82) is 0 Å². The van der Waals surface area contributed by atoms with E-state index in [0.29, 0.717) is 32.4 Å². The largest absolute Gasteiger partial charge is 0.480 e. The number of amides is 2. The van der Waals surface area contributed by atoms with Crippen LogP contribution < -0.4 is 10.6 Å². The number of rotatable bonds is 6. The second kappa shape index (κ2) is 7.05. The minimum atomic E-state index is -1.10. The van der Waals surface area contributed by atoms with Crippen molar-refractivity contribution in [3.8, 4) is 0 Å². The maximum Gasteiger partial charge on any atom is 0.329 e. The topological polar surface area (TPSA) is 109 Å². The van der Waals surface area contributed by atoms with Crippen LogP contribution in [-0.2, 0) is 11.3 Å². The van der Waals surface area contributed by atoms with Crippen molar-refractivity contribution >= 4 is 12.0 Å². The first kappa shape index (κ1) is 15.3. The fraction of sp³-hybridized carbons (Fsp3) is 0.692. The monoisotopic (exact) mass is 295 g/mol. The molecule has 0 bridgehead atoms. The van der Waals surface area contributed by atoms with E-state index in [1.165, 1.54) is 0 Å². The maximum atomic E-state index is 11.9. The van der Waals surface area contributed by atoms with Gasteiger partial charge in [0.05, 0.1) is 6.20 Å². The number of carboxylic acids is 1. The van der Waals surface area contributed by atoms with Crippen LogP contribution in [0.5, 0.6) is 0 Å². The molecule has 1 saturated carbocycles. The van der Waals surface area contributed by atoms with E-state index < -0.39 is 17.5 Å². The molecule has 1 aliphatic rings. The van der Waals surface area contributed by atoms with E-state index in [1.54, 1.807) is 17.1 Å². The fourth-order valence-corrected chi connectivity index (χ4v) is 2.60. The van der Waals surface area contributed by atoms with Crippen LogP contribution in [0.3, 0.4) is 0 Å². The highest BCUT2D eigenvalue weighted by atomic mass is 16.4.